The van der Waals surface area contributed by atoms with Crippen LogP contribution < -0.4 is 21.3 Å². The molecule has 6 rings (SSSR count). The molecule has 12 heteroatoms. The fraction of sp³-hybridized carbons (Fsp3) is 0.857. The first-order chi connectivity index (χ1) is 25.5. The minimum atomic E-state index is -0.978. The van der Waals surface area contributed by atoms with Gasteiger partial charge in [0.25, 0.3) is 5.91 Å². The number of ketones is 1. The third-order valence-corrected chi connectivity index (χ3v) is 14.8. The molecule has 2 spiro atoms. The monoisotopic (exact) mass is 753 g/mol. The number of amides is 5. The van der Waals surface area contributed by atoms with Crippen LogP contribution in [0, 0.1) is 33.5 Å². The molecule has 6 fully saturated rings. The normalized spacial score (nSPS) is 29.4. The average Bonchev–Trinajstić information content (AvgIpc) is 3.93. The molecular weight excluding hydrogens is 684 g/mol. The number of carbonyl (C=O) groups excluding carboxylic acids is 6. The van der Waals surface area contributed by atoms with E-state index in [2.05, 4.69) is 40.0 Å². The minimum Gasteiger partial charge on any atom is -0.347 e. The van der Waals surface area contributed by atoms with Gasteiger partial charge in [-0.2, -0.15) is 0 Å². The van der Waals surface area contributed by atoms with Crippen molar-refractivity contribution in [1.29, 1.82) is 0 Å². The van der Waals surface area contributed by atoms with Crippen LogP contribution in [0.1, 0.15) is 138 Å². The molecule has 0 aromatic heterocycles. The summed E-state index contributed by atoms with van der Waals surface area (Å²) in [6, 6.07) is -3.51. The zero-order valence-electron chi connectivity index (χ0n) is 34.1. The van der Waals surface area contributed by atoms with Crippen LogP contribution in [0.15, 0.2) is 0 Å². The van der Waals surface area contributed by atoms with Crippen molar-refractivity contribution >= 4 is 35.3 Å². The molecule has 2 aliphatic heterocycles. The van der Waals surface area contributed by atoms with Gasteiger partial charge in [-0.3, -0.25) is 28.8 Å². The first-order valence-corrected chi connectivity index (χ1v) is 21.2. The number of nitrogens with zero attached hydrogens (tertiary/aromatic N) is 2. The van der Waals surface area contributed by atoms with Gasteiger partial charge in [-0.25, -0.2) is 0 Å². The smallest absolute Gasteiger partial charge is 0.289 e. The highest BCUT2D eigenvalue weighted by atomic mass is 16.2. The molecule has 4 aliphatic carbocycles. The molecule has 54 heavy (non-hydrogen) atoms. The number of piperidine rings is 1. The maximum atomic E-state index is 15.2. The topological polar surface area (TPSA) is 157 Å². The maximum absolute atomic E-state index is 15.2. The molecule has 4 saturated carbocycles. The Balaban J connectivity index is 1.27. The second-order valence-electron chi connectivity index (χ2n) is 19.6. The van der Waals surface area contributed by atoms with Crippen molar-refractivity contribution in [1.82, 2.24) is 31.1 Å². The molecule has 5 amide bonds. The predicted octanol–water partition coefficient (Wildman–Crippen LogP) is 3.85. The zero-order valence-corrected chi connectivity index (χ0v) is 34.1. The van der Waals surface area contributed by atoms with E-state index in [0.29, 0.717) is 32.4 Å². The van der Waals surface area contributed by atoms with E-state index in [1.807, 2.05) is 34.7 Å². The lowest BCUT2D eigenvalue weighted by Gasteiger charge is -2.38. The van der Waals surface area contributed by atoms with Gasteiger partial charge in [0.1, 0.15) is 18.1 Å². The van der Waals surface area contributed by atoms with Crippen LogP contribution in [-0.4, -0.2) is 102 Å². The highest BCUT2D eigenvalue weighted by Gasteiger charge is 2.85. The molecule has 0 aromatic carbocycles. The molecule has 12 nitrogen and oxygen atoms in total. The summed E-state index contributed by atoms with van der Waals surface area (Å²) in [6.07, 6.45) is 12.6. The Morgan fingerprint density at radius 1 is 0.815 bits per heavy atom. The van der Waals surface area contributed by atoms with Crippen LogP contribution in [0.3, 0.4) is 0 Å². The third kappa shape index (κ3) is 7.58. The molecule has 2 heterocycles. The Hall–Kier alpha value is -3.02. The van der Waals surface area contributed by atoms with Gasteiger partial charge in [0.2, 0.25) is 29.4 Å². The predicted molar refractivity (Wildman–Crippen MR) is 206 cm³/mol. The fourth-order valence-corrected chi connectivity index (χ4v) is 11.1. The van der Waals surface area contributed by atoms with Crippen LogP contribution in [0.25, 0.3) is 0 Å². The van der Waals surface area contributed by atoms with E-state index in [0.717, 1.165) is 83.6 Å². The number of hydrogen-bond acceptors (Lipinski definition) is 7. The molecular formula is C42H68N6O6. The van der Waals surface area contributed by atoms with E-state index in [1.165, 1.54) is 0 Å². The lowest BCUT2D eigenvalue weighted by Crippen LogP contribution is -2.62. The largest absolute Gasteiger partial charge is 0.347 e. The first kappa shape index (κ1) is 40.6. The summed E-state index contributed by atoms with van der Waals surface area (Å²) in [4.78, 5) is 87.8. The number of fused-ring (bicyclic) bond motifs is 1. The van der Waals surface area contributed by atoms with Gasteiger partial charge in [-0.1, -0.05) is 73.6 Å². The van der Waals surface area contributed by atoms with Crippen LogP contribution >= 0.6 is 0 Å². The van der Waals surface area contributed by atoms with Crippen LogP contribution in [0.2, 0.25) is 0 Å². The Kier molecular flexibility index (Phi) is 11.7. The van der Waals surface area contributed by atoms with Crippen molar-refractivity contribution in [2.24, 2.45) is 33.5 Å². The third-order valence-electron chi connectivity index (χ3n) is 14.8. The van der Waals surface area contributed by atoms with Crippen molar-refractivity contribution in [2.45, 2.75) is 168 Å². The van der Waals surface area contributed by atoms with Gasteiger partial charge in [-0.05, 0) is 100.0 Å². The van der Waals surface area contributed by atoms with E-state index in [1.54, 1.807) is 4.90 Å². The van der Waals surface area contributed by atoms with Gasteiger partial charge >= 0.3 is 0 Å². The zero-order chi connectivity index (χ0) is 39.2. The van der Waals surface area contributed by atoms with E-state index in [4.69, 9.17) is 0 Å². The molecule has 302 valence electrons. The second-order valence-corrected chi connectivity index (χ2v) is 19.6. The van der Waals surface area contributed by atoms with Crippen molar-refractivity contribution in [3.8, 4) is 0 Å². The van der Waals surface area contributed by atoms with Crippen molar-refractivity contribution < 1.29 is 28.8 Å². The van der Waals surface area contributed by atoms with Crippen LogP contribution in [0.5, 0.6) is 0 Å². The molecule has 6 aliphatic rings. The summed E-state index contributed by atoms with van der Waals surface area (Å²) in [7, 11) is 2.01. The molecule has 0 radical (unpaired) electrons. The van der Waals surface area contributed by atoms with Gasteiger partial charge < -0.3 is 31.1 Å². The number of Topliss-reactive ketones (excluding diaryl/α,β-unsaturated/α-hetero) is 1. The summed E-state index contributed by atoms with van der Waals surface area (Å²) in [5.41, 5.74) is -0.899. The fourth-order valence-electron chi connectivity index (χ4n) is 11.1. The molecule has 0 aromatic rings. The number of carbonyl (C=O) groups is 6. The van der Waals surface area contributed by atoms with Crippen LogP contribution in [-0.2, 0) is 28.8 Å². The summed E-state index contributed by atoms with van der Waals surface area (Å²) in [5.74, 6) is -2.82. The lowest BCUT2D eigenvalue weighted by molar-refractivity contribution is -0.145. The SMILES string of the molecule is CCC[C@H](NC(=O)[C@@H]1C[C@@]2(CN1C(=O)[C@@H](NC(=O)[C@@H](NC(=O)[C@@H]1CCCN(C)C1)C(C)(C)C)C1CCCCC1)C(C)(C)C21CCC1)C(=O)C(=O)NC1CC1. The number of hydrogen-bond donors (Lipinski definition) is 4. The van der Waals surface area contributed by atoms with Gasteiger partial charge in [-0.15, -0.1) is 0 Å². The average molecular weight is 753 g/mol. The van der Waals surface area contributed by atoms with Crippen LogP contribution in [0.4, 0.5) is 0 Å². The minimum absolute atomic E-state index is 0.0186. The van der Waals surface area contributed by atoms with Gasteiger partial charge in [0.15, 0.2) is 0 Å². The molecule has 2 saturated heterocycles. The number of nitrogens with one attached hydrogen (secondary N) is 4. The van der Waals surface area contributed by atoms with E-state index < -0.39 is 47.2 Å². The molecule has 4 N–H and O–H groups in total. The standard InChI is InChI=1S/C42H68N6O6/c1-8-14-29(32(49)36(52)43-28-18-19-28)44-35(51)30-23-42(40(5,6)41(42)20-13-21-41)25-48(30)38(54)31(26-15-10-9-11-16-26)45-37(53)33(39(2,3)4)46-34(50)27-17-12-22-47(7)24-27/h26-31,33H,8-25H2,1-7H3,(H,43,52)(H,44,51)(H,45,53)(H,46,50)/t27-,29+,30+,31+,33-,42-/m1/s1. The van der Waals surface area contributed by atoms with Crippen molar-refractivity contribution in [3.63, 3.8) is 0 Å². The lowest BCUT2D eigenvalue weighted by atomic mass is 9.73. The summed E-state index contributed by atoms with van der Waals surface area (Å²) >= 11 is 0. The Morgan fingerprint density at radius 3 is 2.06 bits per heavy atom. The Labute approximate surface area is 322 Å². The maximum Gasteiger partial charge on any atom is 0.289 e. The summed E-state index contributed by atoms with van der Waals surface area (Å²) < 4.78 is 0. The van der Waals surface area contributed by atoms with E-state index >= 15 is 4.79 Å². The summed E-state index contributed by atoms with van der Waals surface area (Å²) in [6.45, 7) is 14.2. The van der Waals surface area contributed by atoms with Crippen molar-refractivity contribution in [3.05, 3.63) is 0 Å². The summed E-state index contributed by atoms with van der Waals surface area (Å²) in [5, 5.41) is 12.0. The van der Waals surface area contributed by atoms with Gasteiger partial charge in [0.05, 0.1) is 12.0 Å². The van der Waals surface area contributed by atoms with Gasteiger partial charge in [0, 0.05) is 24.5 Å². The molecule has 0 unspecified atom stereocenters. The van der Waals surface area contributed by atoms with Crippen molar-refractivity contribution in [2.75, 3.05) is 26.7 Å². The first-order valence-electron chi connectivity index (χ1n) is 21.2. The van der Waals surface area contributed by atoms with E-state index in [-0.39, 0.29) is 51.8 Å². The Bertz CT molecular complexity index is 1480. The number of rotatable bonds is 13. The quantitative estimate of drug-likeness (QED) is 0.208. The van der Waals surface area contributed by atoms with E-state index in [9.17, 15) is 24.0 Å². The second kappa shape index (κ2) is 15.5. The molecule has 0 bridgehead atoms. The Morgan fingerprint density at radius 2 is 1.50 bits per heavy atom. The highest BCUT2D eigenvalue weighted by Crippen LogP contribution is 2.88. The number of likely N-dealkylation sites (tertiary alicyclic amines) is 2. The highest BCUT2D eigenvalue weighted by molar-refractivity contribution is 6.38. The molecule has 6 atom stereocenters.